The standard InChI is InChI=1S/C20H25N7O2/c1-13-10-27-18(23-19(13)28)8-15(24-27)12-25-6-7-26(11-14(25)2)16-4-5-17(22-9-16)20(29)21-3/h4-5,8-10,14H,6-7,11-12H2,1-3H3,(H,21,29)(H,23,28). The zero-order chi connectivity index (χ0) is 20.5. The van der Waals surface area contributed by atoms with Gasteiger partial charge in [0.2, 0.25) is 0 Å². The average molecular weight is 395 g/mol. The van der Waals surface area contributed by atoms with Gasteiger partial charge in [0.05, 0.1) is 17.6 Å². The van der Waals surface area contributed by atoms with Crippen molar-refractivity contribution in [3.8, 4) is 0 Å². The first-order valence-corrected chi connectivity index (χ1v) is 9.70. The summed E-state index contributed by atoms with van der Waals surface area (Å²) in [6, 6.07) is 5.96. The molecule has 3 aromatic rings. The van der Waals surface area contributed by atoms with E-state index in [9.17, 15) is 9.59 Å². The van der Waals surface area contributed by atoms with Gasteiger partial charge in [-0.2, -0.15) is 5.10 Å². The van der Waals surface area contributed by atoms with Crippen molar-refractivity contribution in [3.05, 3.63) is 57.9 Å². The molecule has 0 bridgehead atoms. The van der Waals surface area contributed by atoms with Crippen molar-refractivity contribution in [3.63, 3.8) is 0 Å². The summed E-state index contributed by atoms with van der Waals surface area (Å²) in [4.78, 5) is 35.2. The van der Waals surface area contributed by atoms with Crippen LogP contribution < -0.4 is 15.8 Å². The summed E-state index contributed by atoms with van der Waals surface area (Å²) in [5, 5.41) is 7.18. The third-order valence-electron chi connectivity index (χ3n) is 5.40. The molecule has 4 heterocycles. The van der Waals surface area contributed by atoms with Gasteiger partial charge >= 0.3 is 0 Å². The minimum atomic E-state index is -0.182. The van der Waals surface area contributed by atoms with Crippen LogP contribution in [0.25, 0.3) is 5.65 Å². The SMILES string of the molecule is CNC(=O)c1ccc(N2CCN(Cc3cc4[nH]c(=O)c(C)cn4n3)C(C)C2)cn1. The highest BCUT2D eigenvalue weighted by molar-refractivity contribution is 5.92. The van der Waals surface area contributed by atoms with Gasteiger partial charge in [-0.3, -0.25) is 14.5 Å². The maximum absolute atomic E-state index is 11.8. The summed E-state index contributed by atoms with van der Waals surface area (Å²) in [7, 11) is 1.60. The molecule has 1 unspecified atom stereocenters. The van der Waals surface area contributed by atoms with Crippen molar-refractivity contribution in [2.75, 3.05) is 31.6 Å². The highest BCUT2D eigenvalue weighted by Crippen LogP contribution is 2.20. The molecule has 9 heteroatoms. The molecule has 0 spiro atoms. The number of anilines is 1. The molecule has 1 atom stereocenters. The first-order valence-electron chi connectivity index (χ1n) is 9.70. The van der Waals surface area contributed by atoms with E-state index in [1.54, 1.807) is 36.9 Å². The normalized spacial score (nSPS) is 17.6. The molecule has 1 aliphatic heterocycles. The number of hydrogen-bond donors (Lipinski definition) is 2. The lowest BCUT2D eigenvalue weighted by molar-refractivity contribution is 0.0958. The number of H-pyrrole nitrogens is 1. The predicted octanol–water partition coefficient (Wildman–Crippen LogP) is 0.796. The number of carbonyl (C=O) groups is 1. The summed E-state index contributed by atoms with van der Waals surface area (Å²) in [6.45, 7) is 7.32. The number of fused-ring (bicyclic) bond motifs is 1. The number of carbonyl (C=O) groups excluding carboxylic acids is 1. The van der Waals surface area contributed by atoms with Crippen molar-refractivity contribution in [1.29, 1.82) is 0 Å². The van der Waals surface area contributed by atoms with E-state index < -0.39 is 0 Å². The first kappa shape index (κ1) is 19.1. The fourth-order valence-corrected chi connectivity index (χ4v) is 3.68. The zero-order valence-corrected chi connectivity index (χ0v) is 16.8. The Labute approximate surface area is 168 Å². The number of aromatic amines is 1. The van der Waals surface area contributed by atoms with E-state index >= 15 is 0 Å². The van der Waals surface area contributed by atoms with Crippen molar-refractivity contribution in [2.45, 2.75) is 26.4 Å². The molecule has 4 rings (SSSR count). The van der Waals surface area contributed by atoms with E-state index in [1.807, 2.05) is 12.1 Å². The van der Waals surface area contributed by atoms with E-state index in [0.29, 0.717) is 22.9 Å². The second kappa shape index (κ2) is 7.67. The Balaban J connectivity index is 1.42. The van der Waals surface area contributed by atoms with E-state index in [-0.39, 0.29) is 11.5 Å². The Kier molecular flexibility index (Phi) is 5.06. The summed E-state index contributed by atoms with van der Waals surface area (Å²) in [6.07, 6.45) is 3.52. The molecule has 3 aromatic heterocycles. The van der Waals surface area contributed by atoms with Crippen LogP contribution in [0.2, 0.25) is 0 Å². The number of pyridine rings is 1. The summed E-state index contributed by atoms with van der Waals surface area (Å²) in [5.74, 6) is -0.182. The minimum Gasteiger partial charge on any atom is -0.367 e. The average Bonchev–Trinajstić information content (AvgIpc) is 3.10. The molecule has 29 heavy (non-hydrogen) atoms. The molecular formula is C20H25N7O2. The first-order chi connectivity index (χ1) is 13.9. The van der Waals surface area contributed by atoms with Crippen molar-refractivity contribution in [2.24, 2.45) is 0 Å². The van der Waals surface area contributed by atoms with Gasteiger partial charge in [0.25, 0.3) is 11.5 Å². The van der Waals surface area contributed by atoms with Crippen LogP contribution >= 0.6 is 0 Å². The smallest absolute Gasteiger partial charge is 0.269 e. The lowest BCUT2D eigenvalue weighted by Crippen LogP contribution is -2.51. The Hall–Kier alpha value is -3.20. The number of nitrogens with one attached hydrogen (secondary N) is 2. The van der Waals surface area contributed by atoms with Crippen LogP contribution in [0.4, 0.5) is 5.69 Å². The predicted molar refractivity (Wildman–Crippen MR) is 110 cm³/mol. The Morgan fingerprint density at radius 2 is 2.17 bits per heavy atom. The fraction of sp³-hybridized carbons (Fsp3) is 0.400. The minimum absolute atomic E-state index is 0.0815. The summed E-state index contributed by atoms with van der Waals surface area (Å²) in [5.41, 5.74) is 3.65. The van der Waals surface area contributed by atoms with E-state index in [1.165, 1.54) is 0 Å². The van der Waals surface area contributed by atoms with Gasteiger partial charge in [0, 0.05) is 57.1 Å². The summed E-state index contributed by atoms with van der Waals surface area (Å²) < 4.78 is 1.73. The highest BCUT2D eigenvalue weighted by Gasteiger charge is 2.25. The van der Waals surface area contributed by atoms with Gasteiger partial charge in [0.1, 0.15) is 11.3 Å². The van der Waals surface area contributed by atoms with Crippen LogP contribution in [0, 0.1) is 6.92 Å². The third kappa shape index (κ3) is 3.86. The van der Waals surface area contributed by atoms with Crippen molar-refractivity contribution in [1.82, 2.24) is 29.8 Å². The third-order valence-corrected chi connectivity index (χ3v) is 5.40. The molecule has 1 aliphatic rings. The molecule has 1 saturated heterocycles. The molecule has 0 aliphatic carbocycles. The summed E-state index contributed by atoms with van der Waals surface area (Å²) >= 11 is 0. The van der Waals surface area contributed by atoms with E-state index in [2.05, 4.69) is 37.1 Å². The van der Waals surface area contributed by atoms with Gasteiger partial charge in [0.15, 0.2) is 0 Å². The molecule has 0 aromatic carbocycles. The second-order valence-electron chi connectivity index (χ2n) is 7.48. The van der Waals surface area contributed by atoms with Crippen molar-refractivity contribution < 1.29 is 4.79 Å². The molecule has 1 fully saturated rings. The maximum Gasteiger partial charge on any atom is 0.269 e. The number of aromatic nitrogens is 4. The quantitative estimate of drug-likeness (QED) is 0.678. The van der Waals surface area contributed by atoms with Crippen LogP contribution in [-0.4, -0.2) is 63.1 Å². The number of aryl methyl sites for hydroxylation is 1. The number of piperazine rings is 1. The Bertz CT molecular complexity index is 1090. The van der Waals surface area contributed by atoms with Gasteiger partial charge in [-0.1, -0.05) is 0 Å². The van der Waals surface area contributed by atoms with Crippen LogP contribution in [-0.2, 0) is 6.54 Å². The number of amides is 1. The maximum atomic E-state index is 11.8. The number of hydrogen-bond acceptors (Lipinski definition) is 6. The molecule has 152 valence electrons. The Morgan fingerprint density at radius 1 is 1.34 bits per heavy atom. The largest absolute Gasteiger partial charge is 0.367 e. The lowest BCUT2D eigenvalue weighted by atomic mass is 10.1. The van der Waals surface area contributed by atoms with Gasteiger partial charge < -0.3 is 15.2 Å². The van der Waals surface area contributed by atoms with Crippen LogP contribution in [0.3, 0.4) is 0 Å². The Morgan fingerprint density at radius 3 is 2.86 bits per heavy atom. The van der Waals surface area contributed by atoms with Gasteiger partial charge in [-0.05, 0) is 26.0 Å². The van der Waals surface area contributed by atoms with Crippen molar-refractivity contribution >= 4 is 17.2 Å². The fourth-order valence-electron chi connectivity index (χ4n) is 3.68. The number of nitrogens with zero attached hydrogens (tertiary/aromatic N) is 5. The van der Waals surface area contributed by atoms with Crippen LogP contribution in [0.1, 0.15) is 28.7 Å². The monoisotopic (exact) mass is 395 g/mol. The topological polar surface area (TPSA) is 98.6 Å². The molecule has 0 saturated carbocycles. The van der Waals surface area contributed by atoms with Crippen LogP contribution in [0.15, 0.2) is 35.4 Å². The molecular weight excluding hydrogens is 370 g/mol. The number of rotatable bonds is 4. The van der Waals surface area contributed by atoms with Gasteiger partial charge in [-0.25, -0.2) is 9.50 Å². The van der Waals surface area contributed by atoms with E-state index in [0.717, 1.165) is 37.6 Å². The van der Waals surface area contributed by atoms with Crippen LogP contribution in [0.5, 0.6) is 0 Å². The zero-order valence-electron chi connectivity index (χ0n) is 16.8. The molecule has 0 radical (unpaired) electrons. The highest BCUT2D eigenvalue weighted by atomic mass is 16.1. The molecule has 9 nitrogen and oxygen atoms in total. The second-order valence-corrected chi connectivity index (χ2v) is 7.48. The molecule has 2 N–H and O–H groups in total. The molecule has 1 amide bonds. The van der Waals surface area contributed by atoms with E-state index in [4.69, 9.17) is 0 Å². The van der Waals surface area contributed by atoms with Gasteiger partial charge in [-0.15, -0.1) is 0 Å². The lowest BCUT2D eigenvalue weighted by Gasteiger charge is -2.40.